The summed E-state index contributed by atoms with van der Waals surface area (Å²) in [5.41, 5.74) is -3.34. The number of anilines is 1. The molecule has 244 valence electrons. The molecule has 1 heterocycles. The van der Waals surface area contributed by atoms with Crippen LogP contribution >= 0.6 is 0 Å². The van der Waals surface area contributed by atoms with E-state index in [9.17, 15) is 35.9 Å². The van der Waals surface area contributed by atoms with Crippen LogP contribution < -0.4 is 4.90 Å². The Kier molecular flexibility index (Phi) is 8.32. The van der Waals surface area contributed by atoms with E-state index < -0.39 is 40.2 Å². The Morgan fingerprint density at radius 2 is 1.26 bits per heavy atom. The first kappa shape index (κ1) is 32.3. The minimum Gasteiger partial charge on any atom is -0.310 e. The molecular weight excluding hydrogens is 606 g/mol. The SMILES string of the molecule is CC1(c2cc(C(F)(F)F)cc(C(F)(F)F)c2)CCC(C2(c3ccccc3)CCC(N3CCN(c4ccccc4)C(=O)C3)CC2)C1=O. The van der Waals surface area contributed by atoms with E-state index in [1.54, 1.807) is 4.90 Å². The number of ketones is 1. The van der Waals surface area contributed by atoms with Gasteiger partial charge in [0.1, 0.15) is 5.78 Å². The number of halogens is 6. The average Bonchev–Trinajstić information content (AvgIpc) is 3.36. The van der Waals surface area contributed by atoms with Crippen LogP contribution in [-0.2, 0) is 32.8 Å². The largest absolute Gasteiger partial charge is 0.416 e. The molecule has 0 bridgehead atoms. The van der Waals surface area contributed by atoms with Crippen LogP contribution in [0, 0.1) is 5.92 Å². The summed E-state index contributed by atoms with van der Waals surface area (Å²) in [5, 5.41) is 0. The number of Topliss-reactive ketones (excluding diaryl/α,β-unsaturated/α-hetero) is 1. The van der Waals surface area contributed by atoms with E-state index in [1.807, 2.05) is 60.7 Å². The maximum atomic E-state index is 14.4. The van der Waals surface area contributed by atoms with E-state index >= 15 is 0 Å². The van der Waals surface area contributed by atoms with E-state index in [2.05, 4.69) is 4.90 Å². The Labute approximate surface area is 264 Å². The lowest BCUT2D eigenvalue weighted by atomic mass is 9.59. The van der Waals surface area contributed by atoms with Crippen molar-refractivity contribution in [3.05, 3.63) is 101 Å². The van der Waals surface area contributed by atoms with Gasteiger partial charge in [0.2, 0.25) is 5.91 Å². The average molecular weight is 643 g/mol. The lowest BCUT2D eigenvalue weighted by Crippen LogP contribution is -2.55. The van der Waals surface area contributed by atoms with Crippen molar-refractivity contribution >= 4 is 17.4 Å². The number of piperazine rings is 1. The molecule has 3 aliphatic rings. The fourth-order valence-electron chi connectivity index (χ4n) is 8.13. The predicted octanol–water partition coefficient (Wildman–Crippen LogP) is 8.19. The number of para-hydroxylation sites is 1. The molecule has 6 rings (SSSR count). The first-order valence-electron chi connectivity index (χ1n) is 15.7. The third-order valence-corrected chi connectivity index (χ3v) is 10.7. The van der Waals surface area contributed by atoms with Gasteiger partial charge in [-0.15, -0.1) is 0 Å². The third-order valence-electron chi connectivity index (χ3n) is 10.7. The Bertz CT molecular complexity index is 1550. The second-order valence-corrected chi connectivity index (χ2v) is 13.2. The van der Waals surface area contributed by atoms with Crippen molar-refractivity contribution in [3.8, 4) is 0 Å². The lowest BCUT2D eigenvalue weighted by Gasteiger charge is -2.48. The number of hydrogen-bond acceptors (Lipinski definition) is 3. The molecule has 1 aliphatic heterocycles. The molecular formula is C36H36F6N2O2. The van der Waals surface area contributed by atoms with Crippen LogP contribution in [0.15, 0.2) is 78.9 Å². The summed E-state index contributed by atoms with van der Waals surface area (Å²) < 4.78 is 82.4. The van der Waals surface area contributed by atoms with E-state index in [-0.39, 0.29) is 42.3 Å². The van der Waals surface area contributed by atoms with E-state index in [0.717, 1.165) is 24.1 Å². The number of nitrogens with zero attached hydrogens (tertiary/aromatic N) is 2. The fourth-order valence-corrected chi connectivity index (χ4v) is 8.13. The molecule has 2 unspecified atom stereocenters. The molecule has 1 saturated heterocycles. The van der Waals surface area contributed by atoms with Crippen LogP contribution in [0.3, 0.4) is 0 Å². The fraction of sp³-hybridized carbons (Fsp3) is 0.444. The molecule has 0 spiro atoms. The summed E-state index contributed by atoms with van der Waals surface area (Å²) >= 11 is 0. The summed E-state index contributed by atoms with van der Waals surface area (Å²) in [4.78, 5) is 31.5. The highest BCUT2D eigenvalue weighted by Gasteiger charge is 2.56. The van der Waals surface area contributed by atoms with E-state index in [0.29, 0.717) is 44.5 Å². The maximum absolute atomic E-state index is 14.4. The molecule has 3 fully saturated rings. The van der Waals surface area contributed by atoms with Crippen molar-refractivity contribution < 1.29 is 35.9 Å². The predicted molar refractivity (Wildman–Crippen MR) is 162 cm³/mol. The standard InChI is InChI=1S/C36H36F6N2O2/c1-33(25-20-26(35(37,38)39)22-27(21-25)36(40,41)42)15-14-30(32(33)46)34(24-8-4-2-5-9-24)16-12-28(13-17-34)43-18-19-44(31(45)23-43)29-10-6-3-7-11-29/h2-11,20-22,28,30H,12-19,23H2,1H3. The Morgan fingerprint density at radius 3 is 1.80 bits per heavy atom. The second-order valence-electron chi connectivity index (χ2n) is 13.2. The molecule has 4 nitrogen and oxygen atoms in total. The highest BCUT2D eigenvalue weighted by molar-refractivity contribution is 5.96. The van der Waals surface area contributed by atoms with Gasteiger partial charge in [0, 0.05) is 36.2 Å². The molecule has 2 saturated carbocycles. The molecule has 0 aromatic heterocycles. The van der Waals surface area contributed by atoms with Crippen molar-refractivity contribution in [2.24, 2.45) is 5.92 Å². The Morgan fingerprint density at radius 1 is 0.696 bits per heavy atom. The molecule has 2 atom stereocenters. The van der Waals surface area contributed by atoms with E-state index in [1.165, 1.54) is 6.92 Å². The summed E-state index contributed by atoms with van der Waals surface area (Å²) in [6.07, 6.45) is -6.79. The van der Waals surface area contributed by atoms with Gasteiger partial charge in [0.05, 0.1) is 23.1 Å². The monoisotopic (exact) mass is 642 g/mol. The molecule has 1 amide bonds. The van der Waals surface area contributed by atoms with Gasteiger partial charge in [-0.05, 0) is 86.9 Å². The molecule has 3 aromatic carbocycles. The summed E-state index contributed by atoms with van der Waals surface area (Å²) in [5.74, 6) is -0.853. The van der Waals surface area contributed by atoms with Crippen molar-refractivity contribution in [3.63, 3.8) is 0 Å². The van der Waals surface area contributed by atoms with Gasteiger partial charge in [0.15, 0.2) is 0 Å². The molecule has 46 heavy (non-hydrogen) atoms. The summed E-state index contributed by atoms with van der Waals surface area (Å²) in [7, 11) is 0. The normalized spacial score (nSPS) is 28.1. The third kappa shape index (κ3) is 5.85. The lowest BCUT2D eigenvalue weighted by molar-refractivity contribution is -0.143. The number of rotatable bonds is 5. The zero-order valence-electron chi connectivity index (χ0n) is 25.5. The summed E-state index contributed by atoms with van der Waals surface area (Å²) in [6.45, 7) is 3.06. The smallest absolute Gasteiger partial charge is 0.310 e. The minimum absolute atomic E-state index is 0.0263. The van der Waals surface area contributed by atoms with Gasteiger partial charge in [-0.1, -0.05) is 48.5 Å². The topological polar surface area (TPSA) is 40.6 Å². The van der Waals surface area contributed by atoms with Crippen molar-refractivity contribution in [1.82, 2.24) is 4.90 Å². The number of carbonyl (C=O) groups is 2. The molecule has 0 N–H and O–H groups in total. The number of hydrogen-bond donors (Lipinski definition) is 0. The van der Waals surface area contributed by atoms with E-state index in [4.69, 9.17) is 0 Å². The highest BCUT2D eigenvalue weighted by Crippen LogP contribution is 2.55. The van der Waals surface area contributed by atoms with Gasteiger partial charge in [-0.25, -0.2) is 0 Å². The Hall–Kier alpha value is -3.66. The van der Waals surface area contributed by atoms with Crippen LogP contribution in [0.4, 0.5) is 32.0 Å². The van der Waals surface area contributed by atoms with Crippen molar-refractivity contribution in [2.75, 3.05) is 24.5 Å². The van der Waals surface area contributed by atoms with Crippen molar-refractivity contribution in [1.29, 1.82) is 0 Å². The van der Waals surface area contributed by atoms with Gasteiger partial charge < -0.3 is 4.90 Å². The van der Waals surface area contributed by atoms with Crippen LogP contribution in [0.25, 0.3) is 0 Å². The molecule has 0 radical (unpaired) electrons. The van der Waals surface area contributed by atoms with Crippen LogP contribution in [-0.4, -0.2) is 42.3 Å². The highest BCUT2D eigenvalue weighted by atomic mass is 19.4. The molecule has 10 heteroatoms. The summed E-state index contributed by atoms with van der Waals surface area (Å²) in [6, 6.07) is 20.8. The zero-order chi connectivity index (χ0) is 32.9. The zero-order valence-corrected chi connectivity index (χ0v) is 25.5. The minimum atomic E-state index is -5.00. The van der Waals surface area contributed by atoms with Gasteiger partial charge in [0.25, 0.3) is 0 Å². The maximum Gasteiger partial charge on any atom is 0.416 e. The second kappa shape index (κ2) is 11.9. The van der Waals surface area contributed by atoms with Crippen LogP contribution in [0.1, 0.15) is 67.7 Å². The first-order chi connectivity index (χ1) is 21.7. The van der Waals surface area contributed by atoms with Gasteiger partial charge in [-0.2, -0.15) is 26.3 Å². The van der Waals surface area contributed by atoms with Crippen LogP contribution in [0.2, 0.25) is 0 Å². The Balaban J connectivity index is 1.26. The number of alkyl halides is 6. The number of amides is 1. The van der Waals surface area contributed by atoms with Gasteiger partial charge >= 0.3 is 12.4 Å². The van der Waals surface area contributed by atoms with Gasteiger partial charge in [-0.3, -0.25) is 14.5 Å². The quantitative estimate of drug-likeness (QED) is 0.264. The van der Waals surface area contributed by atoms with Crippen molar-refractivity contribution in [2.45, 2.75) is 74.7 Å². The molecule has 2 aliphatic carbocycles. The van der Waals surface area contributed by atoms with Crippen LogP contribution in [0.5, 0.6) is 0 Å². The first-order valence-corrected chi connectivity index (χ1v) is 15.7. The number of benzene rings is 3. The molecule has 3 aromatic rings. The number of carbonyl (C=O) groups excluding carboxylic acids is 2.